The topological polar surface area (TPSA) is 74.4 Å². The Morgan fingerprint density at radius 1 is 1.36 bits per heavy atom. The molecule has 2 aromatic heterocycles. The second-order valence-corrected chi connectivity index (χ2v) is 7.04. The summed E-state index contributed by atoms with van der Waals surface area (Å²) in [5.41, 5.74) is 2.25. The molecule has 7 heteroatoms. The lowest BCUT2D eigenvalue weighted by atomic mass is 9.99. The predicted molar refractivity (Wildman–Crippen MR) is 94.5 cm³/mol. The first kappa shape index (κ1) is 16.5. The highest BCUT2D eigenvalue weighted by molar-refractivity contribution is 5.97. The van der Waals surface area contributed by atoms with Crippen LogP contribution >= 0.6 is 0 Å². The molecule has 1 N–H and O–H groups in total. The van der Waals surface area contributed by atoms with Gasteiger partial charge < -0.3 is 9.64 Å². The first-order chi connectivity index (χ1) is 12.2. The Balaban J connectivity index is 1.53. The summed E-state index contributed by atoms with van der Waals surface area (Å²) in [6, 6.07) is 2.34. The summed E-state index contributed by atoms with van der Waals surface area (Å²) in [5, 5.41) is 7.98. The number of pyridine rings is 1. The molecule has 0 radical (unpaired) electrons. The van der Waals surface area contributed by atoms with Crippen molar-refractivity contribution in [2.75, 3.05) is 39.4 Å². The summed E-state index contributed by atoms with van der Waals surface area (Å²) in [5.74, 6) is 0.596. The van der Waals surface area contributed by atoms with E-state index in [1.165, 1.54) is 0 Å². The number of morpholine rings is 1. The normalized spacial score (nSPS) is 25.0. The molecule has 2 aromatic rings. The van der Waals surface area contributed by atoms with Gasteiger partial charge >= 0.3 is 0 Å². The van der Waals surface area contributed by atoms with Crippen LogP contribution in [0.1, 0.15) is 29.4 Å². The number of hydrogen-bond acceptors (Lipinski definition) is 5. The zero-order valence-corrected chi connectivity index (χ0v) is 14.9. The Kier molecular flexibility index (Phi) is 4.43. The molecule has 0 saturated carbocycles. The highest BCUT2D eigenvalue weighted by Crippen LogP contribution is 2.27. The molecule has 2 saturated heterocycles. The van der Waals surface area contributed by atoms with E-state index in [9.17, 15) is 4.79 Å². The zero-order chi connectivity index (χ0) is 17.4. The van der Waals surface area contributed by atoms with Crippen molar-refractivity contribution in [3.8, 4) is 0 Å². The molecule has 0 bridgehead atoms. The zero-order valence-electron chi connectivity index (χ0n) is 14.9. The Labute approximate surface area is 147 Å². The van der Waals surface area contributed by atoms with Gasteiger partial charge in [0.1, 0.15) is 0 Å². The minimum Gasteiger partial charge on any atom is -0.379 e. The Bertz CT molecular complexity index is 768. The summed E-state index contributed by atoms with van der Waals surface area (Å²) >= 11 is 0. The van der Waals surface area contributed by atoms with Gasteiger partial charge in [-0.1, -0.05) is 13.3 Å². The van der Waals surface area contributed by atoms with Crippen LogP contribution in [0, 0.1) is 12.8 Å². The van der Waals surface area contributed by atoms with Crippen LogP contribution in [0.2, 0.25) is 0 Å². The SMILES string of the molecule is CCC1CN(C(=O)c2cnc3n[nH]c(C)c3c2)CC1N1CCOCC1. The van der Waals surface area contributed by atoms with Crippen LogP contribution in [0.3, 0.4) is 0 Å². The van der Waals surface area contributed by atoms with Crippen molar-refractivity contribution in [3.05, 3.63) is 23.5 Å². The van der Waals surface area contributed by atoms with Crippen LogP contribution in [-0.2, 0) is 4.74 Å². The number of aromatic nitrogens is 3. The molecule has 2 aliphatic rings. The monoisotopic (exact) mass is 343 g/mol. The van der Waals surface area contributed by atoms with E-state index in [0.29, 0.717) is 23.2 Å². The molecule has 2 unspecified atom stereocenters. The number of nitrogens with one attached hydrogen (secondary N) is 1. The molecule has 2 fully saturated rings. The van der Waals surface area contributed by atoms with Gasteiger partial charge in [-0.15, -0.1) is 0 Å². The fraction of sp³-hybridized carbons (Fsp3) is 0.611. The van der Waals surface area contributed by atoms with Crippen LogP contribution in [0.15, 0.2) is 12.3 Å². The third-order valence-corrected chi connectivity index (χ3v) is 5.58. The number of carbonyl (C=O) groups is 1. The molecule has 2 aliphatic heterocycles. The number of ether oxygens (including phenoxy) is 1. The average molecular weight is 343 g/mol. The standard InChI is InChI=1S/C18H25N5O2/c1-3-13-10-23(11-16(13)22-4-6-25-7-5-22)18(24)14-8-15-12(2)20-21-17(15)19-9-14/h8-9,13,16H,3-7,10-11H2,1-2H3,(H,19,20,21). The van der Waals surface area contributed by atoms with E-state index in [2.05, 4.69) is 27.0 Å². The number of carbonyl (C=O) groups excluding carboxylic acids is 1. The highest BCUT2D eigenvalue weighted by Gasteiger charge is 2.38. The van der Waals surface area contributed by atoms with E-state index >= 15 is 0 Å². The molecule has 2 atom stereocenters. The summed E-state index contributed by atoms with van der Waals surface area (Å²) in [6.07, 6.45) is 2.73. The fourth-order valence-corrected chi connectivity index (χ4v) is 4.06. The lowest BCUT2D eigenvalue weighted by molar-refractivity contribution is 0.0103. The van der Waals surface area contributed by atoms with Crippen LogP contribution in [0.4, 0.5) is 0 Å². The van der Waals surface area contributed by atoms with E-state index in [1.54, 1.807) is 6.20 Å². The van der Waals surface area contributed by atoms with Crippen molar-refractivity contribution < 1.29 is 9.53 Å². The van der Waals surface area contributed by atoms with E-state index in [0.717, 1.165) is 56.9 Å². The summed E-state index contributed by atoms with van der Waals surface area (Å²) < 4.78 is 5.48. The molecule has 0 spiro atoms. The molecule has 0 aromatic carbocycles. The largest absolute Gasteiger partial charge is 0.379 e. The number of amides is 1. The second-order valence-electron chi connectivity index (χ2n) is 7.04. The summed E-state index contributed by atoms with van der Waals surface area (Å²) in [4.78, 5) is 21.8. The van der Waals surface area contributed by atoms with E-state index < -0.39 is 0 Å². The smallest absolute Gasteiger partial charge is 0.255 e. The third kappa shape index (κ3) is 3.02. The highest BCUT2D eigenvalue weighted by atomic mass is 16.5. The van der Waals surface area contributed by atoms with Gasteiger partial charge in [-0.25, -0.2) is 4.98 Å². The van der Waals surface area contributed by atoms with Crippen molar-refractivity contribution >= 4 is 16.9 Å². The minimum atomic E-state index is 0.0733. The molecule has 25 heavy (non-hydrogen) atoms. The van der Waals surface area contributed by atoms with Gasteiger partial charge in [-0.2, -0.15) is 5.10 Å². The molecule has 4 rings (SSSR count). The lowest BCUT2D eigenvalue weighted by Crippen LogP contribution is -2.47. The van der Waals surface area contributed by atoms with E-state index in [1.807, 2.05) is 17.9 Å². The fourth-order valence-electron chi connectivity index (χ4n) is 4.06. The summed E-state index contributed by atoms with van der Waals surface area (Å²) in [6.45, 7) is 9.29. The maximum absolute atomic E-state index is 13.0. The van der Waals surface area contributed by atoms with Crippen LogP contribution in [0.5, 0.6) is 0 Å². The second kappa shape index (κ2) is 6.72. The van der Waals surface area contributed by atoms with Gasteiger partial charge in [0, 0.05) is 49.5 Å². The number of nitrogens with zero attached hydrogens (tertiary/aromatic N) is 4. The molecule has 0 aliphatic carbocycles. The number of likely N-dealkylation sites (tertiary alicyclic amines) is 1. The molecular formula is C18H25N5O2. The predicted octanol–water partition coefficient (Wildman–Crippen LogP) is 1.45. The van der Waals surface area contributed by atoms with Crippen LogP contribution in [-0.4, -0.2) is 76.3 Å². The first-order valence-electron chi connectivity index (χ1n) is 9.09. The minimum absolute atomic E-state index is 0.0733. The number of fused-ring (bicyclic) bond motifs is 1. The van der Waals surface area contributed by atoms with Crippen molar-refractivity contribution in [1.29, 1.82) is 0 Å². The molecule has 1 amide bonds. The van der Waals surface area contributed by atoms with E-state index in [4.69, 9.17) is 4.74 Å². The van der Waals surface area contributed by atoms with Gasteiger partial charge in [0.2, 0.25) is 0 Å². The Morgan fingerprint density at radius 2 is 2.16 bits per heavy atom. The van der Waals surface area contributed by atoms with Crippen molar-refractivity contribution in [1.82, 2.24) is 25.0 Å². The average Bonchev–Trinajstić information content (AvgIpc) is 3.25. The Morgan fingerprint density at radius 3 is 2.92 bits per heavy atom. The molecule has 4 heterocycles. The van der Waals surface area contributed by atoms with Crippen molar-refractivity contribution in [2.45, 2.75) is 26.3 Å². The van der Waals surface area contributed by atoms with E-state index in [-0.39, 0.29) is 5.91 Å². The van der Waals surface area contributed by atoms with Gasteiger partial charge in [-0.3, -0.25) is 14.8 Å². The quantitative estimate of drug-likeness (QED) is 0.913. The third-order valence-electron chi connectivity index (χ3n) is 5.58. The van der Waals surface area contributed by atoms with Gasteiger partial charge in [0.15, 0.2) is 5.65 Å². The lowest BCUT2D eigenvalue weighted by Gasteiger charge is -2.34. The number of hydrogen-bond donors (Lipinski definition) is 1. The number of H-pyrrole nitrogens is 1. The van der Waals surface area contributed by atoms with Gasteiger partial charge in [0.25, 0.3) is 5.91 Å². The van der Waals surface area contributed by atoms with Crippen molar-refractivity contribution in [2.24, 2.45) is 5.92 Å². The summed E-state index contributed by atoms with van der Waals surface area (Å²) in [7, 11) is 0. The van der Waals surface area contributed by atoms with Crippen LogP contribution in [0.25, 0.3) is 11.0 Å². The molecule has 7 nitrogen and oxygen atoms in total. The first-order valence-corrected chi connectivity index (χ1v) is 9.09. The maximum Gasteiger partial charge on any atom is 0.255 e. The van der Waals surface area contributed by atoms with Gasteiger partial charge in [-0.05, 0) is 18.9 Å². The molecule has 134 valence electrons. The number of aryl methyl sites for hydroxylation is 1. The number of aromatic amines is 1. The van der Waals surface area contributed by atoms with Crippen molar-refractivity contribution in [3.63, 3.8) is 0 Å². The number of rotatable bonds is 3. The molecular weight excluding hydrogens is 318 g/mol. The maximum atomic E-state index is 13.0. The Hall–Kier alpha value is -1.99. The van der Waals surface area contributed by atoms with Gasteiger partial charge in [0.05, 0.1) is 18.8 Å². The van der Waals surface area contributed by atoms with Crippen LogP contribution < -0.4 is 0 Å².